The van der Waals surface area contributed by atoms with Crippen molar-refractivity contribution in [1.82, 2.24) is 5.32 Å². The SMILES string of the molecule is COC(=O)C(NCC1(SC)CCC1)C1CC1. The van der Waals surface area contributed by atoms with Gasteiger partial charge in [0.05, 0.1) is 7.11 Å². The number of hydrogen-bond acceptors (Lipinski definition) is 4. The molecule has 4 heteroatoms. The average Bonchev–Trinajstić information content (AvgIpc) is 3.05. The van der Waals surface area contributed by atoms with Crippen molar-refractivity contribution in [2.75, 3.05) is 19.9 Å². The Morgan fingerprint density at radius 3 is 2.62 bits per heavy atom. The number of esters is 1. The maximum Gasteiger partial charge on any atom is 0.323 e. The number of nitrogens with one attached hydrogen (secondary N) is 1. The molecule has 0 radical (unpaired) electrons. The molecule has 0 aromatic heterocycles. The van der Waals surface area contributed by atoms with Crippen LogP contribution in [-0.2, 0) is 9.53 Å². The molecule has 0 bridgehead atoms. The van der Waals surface area contributed by atoms with Crippen LogP contribution in [0, 0.1) is 5.92 Å². The molecule has 92 valence electrons. The van der Waals surface area contributed by atoms with Crippen LogP contribution in [0.1, 0.15) is 32.1 Å². The Labute approximate surface area is 102 Å². The van der Waals surface area contributed by atoms with Gasteiger partial charge in [0.1, 0.15) is 6.04 Å². The minimum absolute atomic E-state index is 0.0605. The highest BCUT2D eigenvalue weighted by Crippen LogP contribution is 2.42. The fraction of sp³-hybridized carbons (Fsp3) is 0.917. The summed E-state index contributed by atoms with van der Waals surface area (Å²) in [5, 5.41) is 3.43. The summed E-state index contributed by atoms with van der Waals surface area (Å²) in [6, 6.07) is -0.0605. The summed E-state index contributed by atoms with van der Waals surface area (Å²) in [6.45, 7) is 0.949. The summed E-state index contributed by atoms with van der Waals surface area (Å²) in [5.74, 6) is 0.435. The maximum absolute atomic E-state index is 11.6. The minimum Gasteiger partial charge on any atom is -0.468 e. The molecule has 2 saturated carbocycles. The Kier molecular flexibility index (Phi) is 3.80. The molecule has 2 aliphatic carbocycles. The smallest absolute Gasteiger partial charge is 0.323 e. The van der Waals surface area contributed by atoms with Gasteiger partial charge in [0.25, 0.3) is 0 Å². The fourth-order valence-corrected chi connectivity index (χ4v) is 3.24. The van der Waals surface area contributed by atoms with Crippen molar-refractivity contribution >= 4 is 17.7 Å². The largest absolute Gasteiger partial charge is 0.468 e. The van der Waals surface area contributed by atoms with Crippen molar-refractivity contribution in [3.8, 4) is 0 Å². The molecular weight excluding hydrogens is 222 g/mol. The Balaban J connectivity index is 1.83. The predicted molar refractivity (Wildman–Crippen MR) is 66.6 cm³/mol. The van der Waals surface area contributed by atoms with Gasteiger partial charge in [0, 0.05) is 11.3 Å². The van der Waals surface area contributed by atoms with E-state index in [2.05, 4.69) is 11.6 Å². The van der Waals surface area contributed by atoms with Crippen LogP contribution < -0.4 is 5.32 Å². The zero-order chi connectivity index (χ0) is 11.6. The van der Waals surface area contributed by atoms with Gasteiger partial charge in [-0.1, -0.05) is 6.42 Å². The van der Waals surface area contributed by atoms with E-state index in [1.54, 1.807) is 0 Å². The molecule has 1 atom stereocenters. The van der Waals surface area contributed by atoms with E-state index in [4.69, 9.17) is 4.74 Å². The number of thioether (sulfide) groups is 1. The fourth-order valence-electron chi connectivity index (χ4n) is 2.32. The zero-order valence-electron chi connectivity index (χ0n) is 10.1. The van der Waals surface area contributed by atoms with Gasteiger partial charge in [-0.25, -0.2) is 0 Å². The molecule has 1 N–H and O–H groups in total. The summed E-state index contributed by atoms with van der Waals surface area (Å²) in [5.41, 5.74) is 0. The second-order valence-electron chi connectivity index (χ2n) is 4.96. The molecule has 0 heterocycles. The number of carbonyl (C=O) groups is 1. The zero-order valence-corrected chi connectivity index (χ0v) is 10.9. The van der Waals surface area contributed by atoms with Crippen LogP contribution in [0.3, 0.4) is 0 Å². The lowest BCUT2D eigenvalue weighted by Gasteiger charge is -2.41. The second kappa shape index (κ2) is 4.96. The van der Waals surface area contributed by atoms with Crippen LogP contribution in [0.4, 0.5) is 0 Å². The molecule has 0 aromatic carbocycles. The van der Waals surface area contributed by atoms with Gasteiger partial charge < -0.3 is 10.1 Å². The highest BCUT2D eigenvalue weighted by atomic mass is 32.2. The molecule has 0 aromatic rings. The highest BCUT2D eigenvalue weighted by Gasteiger charge is 2.41. The van der Waals surface area contributed by atoms with Crippen molar-refractivity contribution in [3.05, 3.63) is 0 Å². The monoisotopic (exact) mass is 243 g/mol. The van der Waals surface area contributed by atoms with Crippen molar-refractivity contribution in [2.45, 2.75) is 42.9 Å². The predicted octanol–water partition coefficient (Wildman–Crippen LogP) is 1.81. The normalized spacial score (nSPS) is 24.6. The van der Waals surface area contributed by atoms with Crippen LogP contribution in [0.25, 0.3) is 0 Å². The van der Waals surface area contributed by atoms with E-state index in [1.807, 2.05) is 11.8 Å². The first-order valence-corrected chi connectivity index (χ1v) is 7.30. The van der Waals surface area contributed by atoms with E-state index in [0.717, 1.165) is 6.54 Å². The number of rotatable bonds is 6. The number of methoxy groups -OCH3 is 1. The molecule has 0 spiro atoms. The van der Waals surface area contributed by atoms with E-state index >= 15 is 0 Å². The summed E-state index contributed by atoms with van der Waals surface area (Å²) in [6.07, 6.45) is 8.39. The van der Waals surface area contributed by atoms with Gasteiger partial charge in [0.15, 0.2) is 0 Å². The van der Waals surface area contributed by atoms with Crippen molar-refractivity contribution < 1.29 is 9.53 Å². The molecule has 2 fully saturated rings. The molecule has 16 heavy (non-hydrogen) atoms. The van der Waals surface area contributed by atoms with E-state index < -0.39 is 0 Å². The summed E-state index contributed by atoms with van der Waals surface area (Å²) < 4.78 is 5.25. The van der Waals surface area contributed by atoms with Gasteiger partial charge in [-0.3, -0.25) is 4.79 Å². The third kappa shape index (κ3) is 2.54. The van der Waals surface area contributed by atoms with Crippen LogP contribution in [0.5, 0.6) is 0 Å². The molecule has 0 saturated heterocycles. The lowest BCUT2D eigenvalue weighted by atomic mass is 9.84. The Bertz CT molecular complexity index is 256. The molecule has 2 rings (SSSR count). The third-order valence-electron chi connectivity index (χ3n) is 3.89. The molecule has 3 nitrogen and oxygen atoms in total. The van der Waals surface area contributed by atoms with E-state index in [9.17, 15) is 4.79 Å². The van der Waals surface area contributed by atoms with E-state index in [-0.39, 0.29) is 12.0 Å². The first kappa shape index (κ1) is 12.2. The van der Waals surface area contributed by atoms with Crippen molar-refractivity contribution in [3.63, 3.8) is 0 Å². The van der Waals surface area contributed by atoms with E-state index in [0.29, 0.717) is 10.7 Å². The first-order chi connectivity index (χ1) is 7.71. The third-order valence-corrected chi connectivity index (χ3v) is 5.31. The molecule has 1 unspecified atom stereocenters. The quantitative estimate of drug-likeness (QED) is 0.722. The Hall–Kier alpha value is -0.220. The number of carbonyl (C=O) groups excluding carboxylic acids is 1. The van der Waals surface area contributed by atoms with Crippen LogP contribution in [-0.4, -0.2) is 36.7 Å². The van der Waals surface area contributed by atoms with Gasteiger partial charge >= 0.3 is 5.97 Å². The maximum atomic E-state index is 11.6. The number of hydrogen-bond donors (Lipinski definition) is 1. The highest BCUT2D eigenvalue weighted by molar-refractivity contribution is 8.00. The molecule has 2 aliphatic rings. The standard InChI is InChI=1S/C12H21NO2S/c1-15-11(14)10(9-4-5-9)13-8-12(16-2)6-3-7-12/h9-10,13H,3-8H2,1-2H3. The first-order valence-electron chi connectivity index (χ1n) is 6.07. The van der Waals surface area contributed by atoms with Gasteiger partial charge in [0.2, 0.25) is 0 Å². The van der Waals surface area contributed by atoms with E-state index in [1.165, 1.54) is 39.2 Å². The number of ether oxygens (including phenoxy) is 1. The van der Waals surface area contributed by atoms with Crippen LogP contribution in [0.15, 0.2) is 0 Å². The lowest BCUT2D eigenvalue weighted by Crippen LogP contribution is -2.49. The average molecular weight is 243 g/mol. The topological polar surface area (TPSA) is 38.3 Å². The van der Waals surface area contributed by atoms with Crippen LogP contribution >= 0.6 is 11.8 Å². The van der Waals surface area contributed by atoms with Crippen molar-refractivity contribution in [2.24, 2.45) is 5.92 Å². The minimum atomic E-state index is -0.0851. The molecular formula is C12H21NO2S. The Morgan fingerprint density at radius 2 is 2.25 bits per heavy atom. The summed E-state index contributed by atoms with van der Waals surface area (Å²) in [4.78, 5) is 11.6. The summed E-state index contributed by atoms with van der Waals surface area (Å²) in [7, 11) is 1.48. The second-order valence-corrected chi connectivity index (χ2v) is 6.23. The Morgan fingerprint density at radius 1 is 1.56 bits per heavy atom. The van der Waals surface area contributed by atoms with Gasteiger partial charge in [-0.05, 0) is 37.9 Å². The molecule has 0 aliphatic heterocycles. The lowest BCUT2D eigenvalue weighted by molar-refractivity contribution is -0.143. The molecule has 0 amide bonds. The van der Waals surface area contributed by atoms with Crippen molar-refractivity contribution in [1.29, 1.82) is 0 Å². The summed E-state index contributed by atoms with van der Waals surface area (Å²) >= 11 is 1.94. The van der Waals surface area contributed by atoms with Gasteiger partial charge in [-0.2, -0.15) is 11.8 Å². The van der Waals surface area contributed by atoms with Gasteiger partial charge in [-0.15, -0.1) is 0 Å². The van der Waals surface area contributed by atoms with Crippen LogP contribution in [0.2, 0.25) is 0 Å².